The van der Waals surface area contributed by atoms with E-state index in [1.54, 1.807) is 6.08 Å². The molecule has 1 amide bonds. The van der Waals surface area contributed by atoms with Crippen LogP contribution in [0.4, 0.5) is 0 Å². The first kappa shape index (κ1) is 13.5. The number of carbonyl (C=O) groups excluding carboxylic acids is 1. The minimum atomic E-state index is 0.0952. The van der Waals surface area contributed by atoms with Crippen LogP contribution >= 0.6 is 0 Å². The van der Waals surface area contributed by atoms with Crippen molar-refractivity contribution in [1.82, 2.24) is 4.90 Å². The van der Waals surface area contributed by atoms with Gasteiger partial charge in [0.2, 0.25) is 5.91 Å². The zero-order chi connectivity index (χ0) is 12.7. The topological polar surface area (TPSA) is 20.3 Å². The molecule has 0 saturated heterocycles. The normalized spacial score (nSPS) is 12.6. The van der Waals surface area contributed by atoms with Gasteiger partial charge in [-0.2, -0.15) is 0 Å². The Morgan fingerprint density at radius 2 is 1.82 bits per heavy atom. The molecule has 1 atom stereocenters. The van der Waals surface area contributed by atoms with Crippen molar-refractivity contribution in [3.8, 4) is 0 Å². The molecule has 17 heavy (non-hydrogen) atoms. The van der Waals surface area contributed by atoms with Crippen LogP contribution in [-0.2, 0) is 4.79 Å². The molecule has 0 saturated carbocycles. The Balaban J connectivity index is 2.62. The van der Waals surface area contributed by atoms with Crippen LogP contribution in [0.25, 0.3) is 0 Å². The molecule has 1 rings (SSSR count). The van der Waals surface area contributed by atoms with Gasteiger partial charge >= 0.3 is 0 Å². The lowest BCUT2D eigenvalue weighted by atomic mass is 10.0. The summed E-state index contributed by atoms with van der Waals surface area (Å²) in [6, 6.07) is 10.2. The van der Waals surface area contributed by atoms with Gasteiger partial charge in [0.15, 0.2) is 0 Å². The molecule has 92 valence electrons. The molecule has 0 aliphatic rings. The van der Waals surface area contributed by atoms with Crippen LogP contribution in [0.2, 0.25) is 0 Å². The summed E-state index contributed by atoms with van der Waals surface area (Å²) >= 11 is 0. The highest BCUT2D eigenvalue weighted by atomic mass is 16.2. The van der Waals surface area contributed by atoms with E-state index in [2.05, 4.69) is 19.1 Å². The fourth-order valence-corrected chi connectivity index (χ4v) is 1.74. The fourth-order valence-electron chi connectivity index (χ4n) is 1.74. The Morgan fingerprint density at radius 3 is 2.35 bits per heavy atom. The molecule has 2 nitrogen and oxygen atoms in total. The number of allylic oxidation sites excluding steroid dienone is 1. The average molecular weight is 231 g/mol. The lowest BCUT2D eigenvalue weighted by molar-refractivity contribution is -0.125. The van der Waals surface area contributed by atoms with Gasteiger partial charge in [-0.25, -0.2) is 0 Å². The number of likely N-dealkylation sites (N-methyl/N-ethyl adjacent to an activating group) is 1. The van der Waals surface area contributed by atoms with Gasteiger partial charge < -0.3 is 4.90 Å². The minimum absolute atomic E-state index is 0.0952. The van der Waals surface area contributed by atoms with Crippen LogP contribution < -0.4 is 0 Å². The number of carbonyl (C=O) groups is 1. The van der Waals surface area contributed by atoms with E-state index in [1.165, 1.54) is 5.56 Å². The van der Waals surface area contributed by atoms with E-state index in [9.17, 15) is 4.79 Å². The first-order valence-electron chi connectivity index (χ1n) is 6.21. The van der Waals surface area contributed by atoms with Crippen LogP contribution in [0.1, 0.15) is 32.3 Å². The van der Waals surface area contributed by atoms with Crippen LogP contribution in [0.5, 0.6) is 0 Å². The molecule has 0 aromatic heterocycles. The van der Waals surface area contributed by atoms with Crippen LogP contribution in [0.15, 0.2) is 42.5 Å². The van der Waals surface area contributed by atoms with Crippen molar-refractivity contribution in [2.75, 3.05) is 13.1 Å². The highest BCUT2D eigenvalue weighted by Gasteiger charge is 2.06. The van der Waals surface area contributed by atoms with Crippen LogP contribution in [0, 0.1) is 0 Å². The molecule has 0 spiro atoms. The molecule has 1 unspecified atom stereocenters. The third-order valence-corrected chi connectivity index (χ3v) is 2.93. The van der Waals surface area contributed by atoms with Gasteiger partial charge in [0.05, 0.1) is 0 Å². The minimum Gasteiger partial charge on any atom is -0.340 e. The molecule has 0 fully saturated rings. The molecular formula is C15H21NO. The van der Waals surface area contributed by atoms with E-state index >= 15 is 0 Å². The number of nitrogens with zero attached hydrogens (tertiary/aromatic N) is 1. The second-order valence-electron chi connectivity index (χ2n) is 4.07. The Kier molecular flexibility index (Phi) is 5.47. The molecule has 1 aromatic carbocycles. The monoisotopic (exact) mass is 231 g/mol. The molecule has 0 aliphatic heterocycles. The molecule has 1 aromatic rings. The van der Waals surface area contributed by atoms with Crippen molar-refractivity contribution >= 4 is 5.91 Å². The van der Waals surface area contributed by atoms with Crippen LogP contribution in [0.3, 0.4) is 0 Å². The Labute approximate surface area is 104 Å². The summed E-state index contributed by atoms with van der Waals surface area (Å²) in [5.74, 6) is 0.369. The highest BCUT2D eigenvalue weighted by Crippen LogP contribution is 2.15. The van der Waals surface area contributed by atoms with Gasteiger partial charge in [0.1, 0.15) is 0 Å². The van der Waals surface area contributed by atoms with Gasteiger partial charge in [-0.15, -0.1) is 0 Å². The summed E-state index contributed by atoms with van der Waals surface area (Å²) in [4.78, 5) is 13.6. The maximum absolute atomic E-state index is 11.8. The maximum atomic E-state index is 11.8. The maximum Gasteiger partial charge on any atom is 0.246 e. The van der Waals surface area contributed by atoms with E-state index in [-0.39, 0.29) is 11.8 Å². The molecule has 2 heteroatoms. The first-order valence-corrected chi connectivity index (χ1v) is 6.21. The predicted octanol–water partition coefficient (Wildman–Crippen LogP) is 3.21. The molecule has 0 radical (unpaired) electrons. The van der Waals surface area contributed by atoms with Gasteiger partial charge in [-0.05, 0) is 31.4 Å². The first-order chi connectivity index (χ1) is 8.19. The SMILES string of the molecule is CCN(CC)C(=O)/C=C/C(C)c1ccccc1. The number of hydrogen-bond acceptors (Lipinski definition) is 1. The molecule has 0 heterocycles. The van der Waals surface area contributed by atoms with Crippen LogP contribution in [-0.4, -0.2) is 23.9 Å². The Hall–Kier alpha value is -1.57. The van der Waals surface area contributed by atoms with Gasteiger partial charge in [-0.1, -0.05) is 43.3 Å². The van der Waals surface area contributed by atoms with E-state index in [0.717, 1.165) is 13.1 Å². The van der Waals surface area contributed by atoms with E-state index in [0.29, 0.717) is 0 Å². The number of amides is 1. The van der Waals surface area contributed by atoms with Crippen molar-refractivity contribution in [3.63, 3.8) is 0 Å². The Bertz CT molecular complexity index is 366. The summed E-state index contributed by atoms with van der Waals surface area (Å²) in [6.07, 6.45) is 3.65. The second kappa shape index (κ2) is 6.89. The summed E-state index contributed by atoms with van der Waals surface area (Å²) < 4.78 is 0. The lowest BCUT2D eigenvalue weighted by Crippen LogP contribution is -2.28. The van der Waals surface area contributed by atoms with Crippen molar-refractivity contribution in [3.05, 3.63) is 48.0 Å². The molecule has 0 aliphatic carbocycles. The number of benzene rings is 1. The highest BCUT2D eigenvalue weighted by molar-refractivity contribution is 5.87. The van der Waals surface area contributed by atoms with E-state index < -0.39 is 0 Å². The standard InChI is InChI=1S/C15H21NO/c1-4-16(5-2)15(17)12-11-13(3)14-9-7-6-8-10-14/h6-13H,4-5H2,1-3H3/b12-11+. The number of hydrogen-bond donors (Lipinski definition) is 0. The van der Waals surface area contributed by atoms with Gasteiger partial charge in [-0.3, -0.25) is 4.79 Å². The zero-order valence-corrected chi connectivity index (χ0v) is 10.9. The summed E-state index contributed by atoms with van der Waals surface area (Å²) in [5.41, 5.74) is 1.23. The molecule has 0 bridgehead atoms. The average Bonchev–Trinajstić information content (AvgIpc) is 2.38. The largest absolute Gasteiger partial charge is 0.340 e. The van der Waals surface area contributed by atoms with Crippen molar-refractivity contribution in [2.45, 2.75) is 26.7 Å². The third kappa shape index (κ3) is 4.06. The summed E-state index contributed by atoms with van der Waals surface area (Å²) in [6.45, 7) is 7.62. The second-order valence-corrected chi connectivity index (χ2v) is 4.07. The lowest BCUT2D eigenvalue weighted by Gasteiger charge is -2.16. The molecular weight excluding hydrogens is 210 g/mol. The smallest absolute Gasteiger partial charge is 0.246 e. The van der Waals surface area contributed by atoms with Gasteiger partial charge in [0, 0.05) is 13.1 Å². The van der Waals surface area contributed by atoms with E-state index in [4.69, 9.17) is 0 Å². The Morgan fingerprint density at radius 1 is 1.24 bits per heavy atom. The number of rotatable bonds is 5. The van der Waals surface area contributed by atoms with Gasteiger partial charge in [0.25, 0.3) is 0 Å². The summed E-state index contributed by atoms with van der Waals surface area (Å²) in [7, 11) is 0. The zero-order valence-electron chi connectivity index (χ0n) is 10.9. The van der Waals surface area contributed by atoms with E-state index in [1.807, 2.05) is 43.0 Å². The summed E-state index contributed by atoms with van der Waals surface area (Å²) in [5, 5.41) is 0. The van der Waals surface area contributed by atoms with Crippen molar-refractivity contribution < 1.29 is 4.79 Å². The van der Waals surface area contributed by atoms with Crippen molar-refractivity contribution in [1.29, 1.82) is 0 Å². The third-order valence-electron chi connectivity index (χ3n) is 2.93. The predicted molar refractivity (Wildman–Crippen MR) is 71.9 cm³/mol. The quantitative estimate of drug-likeness (QED) is 0.712. The molecule has 0 N–H and O–H groups in total. The van der Waals surface area contributed by atoms with Crippen molar-refractivity contribution in [2.24, 2.45) is 0 Å². The fraction of sp³-hybridized carbons (Fsp3) is 0.400.